The molecule has 0 amide bonds. The summed E-state index contributed by atoms with van der Waals surface area (Å²) in [5.74, 6) is 0.652. The molecular weight excluding hydrogens is 276 g/mol. The third-order valence-corrected chi connectivity index (χ3v) is 4.87. The van der Waals surface area contributed by atoms with Crippen LogP contribution in [0.3, 0.4) is 0 Å². The molecule has 0 N–H and O–H groups in total. The van der Waals surface area contributed by atoms with Crippen molar-refractivity contribution in [3.05, 3.63) is 40.9 Å². The van der Waals surface area contributed by atoms with E-state index < -0.39 is 0 Å². The molecule has 3 heteroatoms. The van der Waals surface area contributed by atoms with Crippen molar-refractivity contribution in [1.29, 1.82) is 0 Å². The number of carbonyl (C=O) groups excluding carboxylic acids is 1. The number of hydrogen-bond donors (Lipinski definition) is 0. The van der Waals surface area contributed by atoms with Crippen molar-refractivity contribution in [2.45, 2.75) is 37.9 Å². The summed E-state index contributed by atoms with van der Waals surface area (Å²) < 4.78 is 0. The van der Waals surface area contributed by atoms with Crippen LogP contribution in [0.25, 0.3) is 6.08 Å². The van der Waals surface area contributed by atoms with Crippen LogP contribution in [-0.2, 0) is 4.79 Å². The maximum atomic E-state index is 11.1. The van der Waals surface area contributed by atoms with E-state index in [9.17, 15) is 4.79 Å². The monoisotopic (exact) mass is 294 g/mol. The lowest BCUT2D eigenvalue weighted by atomic mass is 9.88. The highest BCUT2D eigenvalue weighted by Crippen LogP contribution is 2.33. The molecule has 1 aliphatic rings. The molecule has 0 atom stereocenters. The molecule has 0 saturated heterocycles. The van der Waals surface area contributed by atoms with Gasteiger partial charge in [0.15, 0.2) is 5.12 Å². The first-order chi connectivity index (χ1) is 9.13. The molecule has 0 aliphatic heterocycles. The highest BCUT2D eigenvalue weighted by molar-refractivity contribution is 8.14. The standard InChI is InChI=1S/C16H19ClOS/c1-12(18)19-16-10-6-14(7-11-16)3-2-13-4-8-15(17)9-5-13/h2-5,8-9,14,16H,6-7,10-11H2,1H3/b3-2+. The normalized spacial score (nSPS) is 23.7. The number of halogens is 1. The van der Waals surface area contributed by atoms with E-state index in [0.717, 1.165) is 17.9 Å². The van der Waals surface area contributed by atoms with Gasteiger partial charge >= 0.3 is 0 Å². The lowest BCUT2D eigenvalue weighted by Crippen LogP contribution is -2.15. The van der Waals surface area contributed by atoms with E-state index in [4.69, 9.17) is 11.6 Å². The summed E-state index contributed by atoms with van der Waals surface area (Å²) in [5, 5.41) is 1.57. The predicted octanol–water partition coefficient (Wildman–Crippen LogP) is 5.19. The molecule has 1 fully saturated rings. The Bertz CT molecular complexity index is 444. The van der Waals surface area contributed by atoms with E-state index in [-0.39, 0.29) is 5.12 Å². The van der Waals surface area contributed by atoms with E-state index in [1.807, 2.05) is 24.3 Å². The van der Waals surface area contributed by atoms with Gasteiger partial charge in [0.2, 0.25) is 0 Å². The Morgan fingerprint density at radius 2 is 1.84 bits per heavy atom. The Labute approximate surface area is 124 Å². The molecule has 1 nitrogen and oxygen atoms in total. The first-order valence-corrected chi connectivity index (χ1v) is 8.00. The largest absolute Gasteiger partial charge is 0.288 e. The third kappa shape index (κ3) is 5.04. The van der Waals surface area contributed by atoms with Gasteiger partial charge in [-0.2, -0.15) is 0 Å². The Hall–Kier alpha value is -0.730. The van der Waals surface area contributed by atoms with Gasteiger partial charge in [-0.3, -0.25) is 4.79 Å². The summed E-state index contributed by atoms with van der Waals surface area (Å²) >= 11 is 7.38. The van der Waals surface area contributed by atoms with Crippen molar-refractivity contribution in [3.63, 3.8) is 0 Å². The minimum absolute atomic E-state index is 0.250. The molecule has 0 unspecified atom stereocenters. The zero-order valence-electron chi connectivity index (χ0n) is 11.1. The predicted molar refractivity (Wildman–Crippen MR) is 84.5 cm³/mol. The highest BCUT2D eigenvalue weighted by Gasteiger charge is 2.20. The second kappa shape index (κ2) is 7.16. The van der Waals surface area contributed by atoms with Crippen molar-refractivity contribution < 1.29 is 4.79 Å². The van der Waals surface area contributed by atoms with Crippen molar-refractivity contribution in [1.82, 2.24) is 0 Å². The quantitative estimate of drug-likeness (QED) is 0.763. The van der Waals surface area contributed by atoms with Crippen LogP contribution in [0.4, 0.5) is 0 Å². The number of thioether (sulfide) groups is 1. The Morgan fingerprint density at radius 3 is 2.42 bits per heavy atom. The number of hydrogen-bond acceptors (Lipinski definition) is 2. The van der Waals surface area contributed by atoms with E-state index in [1.165, 1.54) is 30.2 Å². The Kier molecular flexibility index (Phi) is 5.53. The van der Waals surface area contributed by atoms with Gasteiger partial charge < -0.3 is 0 Å². The van der Waals surface area contributed by atoms with Gasteiger partial charge in [0.05, 0.1) is 0 Å². The summed E-state index contributed by atoms with van der Waals surface area (Å²) in [4.78, 5) is 11.1. The van der Waals surface area contributed by atoms with Gasteiger partial charge in [0.25, 0.3) is 0 Å². The van der Waals surface area contributed by atoms with Crippen LogP contribution in [0.5, 0.6) is 0 Å². The first kappa shape index (κ1) is 14.7. The highest BCUT2D eigenvalue weighted by atomic mass is 35.5. The maximum Gasteiger partial charge on any atom is 0.186 e. The Balaban J connectivity index is 1.82. The summed E-state index contributed by atoms with van der Waals surface area (Å²) in [7, 11) is 0. The lowest BCUT2D eigenvalue weighted by Gasteiger charge is -2.25. The molecular formula is C16H19ClOS. The zero-order chi connectivity index (χ0) is 13.7. The second-order valence-corrected chi connectivity index (χ2v) is 6.97. The minimum atomic E-state index is 0.250. The van der Waals surface area contributed by atoms with Crippen molar-refractivity contribution in [2.24, 2.45) is 5.92 Å². The summed E-state index contributed by atoms with van der Waals surface area (Å²) in [6.45, 7) is 1.66. The number of allylic oxidation sites excluding steroid dienone is 1. The molecule has 0 bridgehead atoms. The molecule has 0 heterocycles. The second-order valence-electron chi connectivity index (χ2n) is 5.06. The van der Waals surface area contributed by atoms with Crippen molar-refractivity contribution in [2.75, 3.05) is 0 Å². The fourth-order valence-electron chi connectivity index (χ4n) is 2.45. The van der Waals surface area contributed by atoms with Crippen LogP contribution in [0, 0.1) is 5.92 Å². The molecule has 2 rings (SSSR count). The molecule has 1 aromatic rings. The molecule has 19 heavy (non-hydrogen) atoms. The lowest BCUT2D eigenvalue weighted by molar-refractivity contribution is -0.109. The number of carbonyl (C=O) groups is 1. The zero-order valence-corrected chi connectivity index (χ0v) is 12.7. The fourth-order valence-corrected chi connectivity index (χ4v) is 3.56. The summed E-state index contributed by atoms with van der Waals surface area (Å²) in [5.41, 5.74) is 1.20. The fraction of sp³-hybridized carbons (Fsp3) is 0.438. The number of benzene rings is 1. The Morgan fingerprint density at radius 1 is 1.21 bits per heavy atom. The van der Waals surface area contributed by atoms with Gasteiger partial charge in [-0.25, -0.2) is 0 Å². The van der Waals surface area contributed by atoms with Gasteiger partial charge in [-0.1, -0.05) is 47.6 Å². The van der Waals surface area contributed by atoms with Gasteiger partial charge in [-0.05, 0) is 49.3 Å². The molecule has 1 saturated carbocycles. The molecule has 1 aromatic carbocycles. The average molecular weight is 295 g/mol. The first-order valence-electron chi connectivity index (χ1n) is 6.74. The van der Waals surface area contributed by atoms with E-state index in [2.05, 4.69) is 12.2 Å². The van der Waals surface area contributed by atoms with E-state index >= 15 is 0 Å². The molecule has 0 radical (unpaired) electrons. The maximum absolute atomic E-state index is 11.1. The van der Waals surface area contributed by atoms with Gasteiger partial charge in [0.1, 0.15) is 0 Å². The van der Waals surface area contributed by atoms with E-state index in [1.54, 1.807) is 6.92 Å². The van der Waals surface area contributed by atoms with Crippen LogP contribution in [0.15, 0.2) is 30.3 Å². The molecule has 0 spiro atoms. The smallest absolute Gasteiger partial charge is 0.186 e. The van der Waals surface area contributed by atoms with E-state index in [0.29, 0.717) is 11.2 Å². The van der Waals surface area contributed by atoms with Crippen LogP contribution >= 0.6 is 23.4 Å². The summed E-state index contributed by atoms with van der Waals surface area (Å²) in [6.07, 6.45) is 9.17. The van der Waals surface area contributed by atoms with Gasteiger partial charge in [-0.15, -0.1) is 0 Å². The average Bonchev–Trinajstić information content (AvgIpc) is 2.39. The van der Waals surface area contributed by atoms with Crippen LogP contribution < -0.4 is 0 Å². The van der Waals surface area contributed by atoms with Crippen molar-refractivity contribution >= 4 is 34.6 Å². The SMILES string of the molecule is CC(=O)SC1CCC(/C=C/c2ccc(Cl)cc2)CC1. The topological polar surface area (TPSA) is 17.1 Å². The van der Waals surface area contributed by atoms with Crippen LogP contribution in [0.1, 0.15) is 38.2 Å². The molecule has 1 aliphatic carbocycles. The molecule has 102 valence electrons. The number of rotatable bonds is 3. The van der Waals surface area contributed by atoms with Crippen LogP contribution in [0.2, 0.25) is 5.02 Å². The van der Waals surface area contributed by atoms with Gasteiger partial charge in [0, 0.05) is 17.2 Å². The van der Waals surface area contributed by atoms with Crippen molar-refractivity contribution in [3.8, 4) is 0 Å². The van der Waals surface area contributed by atoms with Crippen LogP contribution in [-0.4, -0.2) is 10.4 Å². The minimum Gasteiger partial charge on any atom is -0.288 e. The summed E-state index contributed by atoms with van der Waals surface area (Å²) in [6, 6.07) is 7.91. The molecule has 0 aromatic heterocycles. The third-order valence-electron chi connectivity index (χ3n) is 3.48.